The first-order chi connectivity index (χ1) is 13.3. The van der Waals surface area contributed by atoms with Crippen LogP contribution in [0.1, 0.15) is 17.8 Å². The van der Waals surface area contributed by atoms with Gasteiger partial charge in [-0.05, 0) is 50.2 Å². The Kier molecular flexibility index (Phi) is 5.71. The monoisotopic (exact) mass is 418 g/mol. The SMILES string of the molecule is COc1ccc(Cl)cc1NC(=O)C(C)n1nc(-c2ccc(C)s2)cc(N)c1=O. The Morgan fingerprint density at radius 1 is 1.32 bits per heavy atom. The van der Waals surface area contributed by atoms with Gasteiger partial charge in [-0.2, -0.15) is 5.10 Å². The number of nitrogens with two attached hydrogens (primary N) is 1. The van der Waals surface area contributed by atoms with E-state index in [1.807, 2.05) is 19.1 Å². The molecule has 9 heteroatoms. The van der Waals surface area contributed by atoms with E-state index in [9.17, 15) is 9.59 Å². The number of aromatic nitrogens is 2. The number of hydrogen-bond acceptors (Lipinski definition) is 6. The number of halogens is 1. The molecule has 1 unspecified atom stereocenters. The maximum atomic E-state index is 12.8. The topological polar surface area (TPSA) is 99.2 Å². The first-order valence-corrected chi connectivity index (χ1v) is 9.60. The largest absolute Gasteiger partial charge is 0.495 e. The van der Waals surface area contributed by atoms with Crippen molar-refractivity contribution in [2.45, 2.75) is 19.9 Å². The number of nitrogens with one attached hydrogen (secondary N) is 1. The Bertz CT molecular complexity index is 1090. The number of hydrogen-bond donors (Lipinski definition) is 2. The lowest BCUT2D eigenvalue weighted by molar-refractivity contribution is -0.119. The summed E-state index contributed by atoms with van der Waals surface area (Å²) in [5.74, 6) is 0.00154. The van der Waals surface area contributed by atoms with Crippen LogP contribution in [-0.4, -0.2) is 22.8 Å². The van der Waals surface area contributed by atoms with Crippen LogP contribution in [0.5, 0.6) is 5.75 Å². The van der Waals surface area contributed by atoms with Crippen molar-refractivity contribution in [3.8, 4) is 16.3 Å². The zero-order valence-corrected chi connectivity index (χ0v) is 17.1. The molecule has 1 aromatic carbocycles. The van der Waals surface area contributed by atoms with Crippen molar-refractivity contribution < 1.29 is 9.53 Å². The summed E-state index contributed by atoms with van der Waals surface area (Å²) in [6, 6.07) is 9.34. The third-order valence-electron chi connectivity index (χ3n) is 4.12. The average Bonchev–Trinajstić information content (AvgIpc) is 3.10. The zero-order chi connectivity index (χ0) is 20.4. The second-order valence-electron chi connectivity index (χ2n) is 6.15. The Morgan fingerprint density at radius 3 is 2.71 bits per heavy atom. The summed E-state index contributed by atoms with van der Waals surface area (Å²) in [5.41, 5.74) is 6.32. The van der Waals surface area contributed by atoms with Gasteiger partial charge >= 0.3 is 0 Å². The number of nitrogen functional groups attached to an aromatic ring is 1. The quantitative estimate of drug-likeness (QED) is 0.657. The van der Waals surface area contributed by atoms with E-state index < -0.39 is 17.5 Å². The van der Waals surface area contributed by atoms with E-state index in [0.717, 1.165) is 14.4 Å². The number of anilines is 2. The van der Waals surface area contributed by atoms with E-state index in [0.29, 0.717) is 22.2 Å². The zero-order valence-electron chi connectivity index (χ0n) is 15.5. The second kappa shape index (κ2) is 8.04. The molecule has 2 aromatic heterocycles. The van der Waals surface area contributed by atoms with Gasteiger partial charge in [0.25, 0.3) is 5.56 Å². The van der Waals surface area contributed by atoms with Gasteiger partial charge in [0.1, 0.15) is 23.2 Å². The van der Waals surface area contributed by atoms with Crippen LogP contribution in [0.2, 0.25) is 5.02 Å². The van der Waals surface area contributed by atoms with E-state index in [1.54, 1.807) is 25.1 Å². The van der Waals surface area contributed by atoms with Gasteiger partial charge < -0.3 is 15.8 Å². The molecule has 0 aliphatic carbocycles. The van der Waals surface area contributed by atoms with Gasteiger partial charge in [0.15, 0.2) is 0 Å². The van der Waals surface area contributed by atoms with Crippen LogP contribution in [0.15, 0.2) is 41.2 Å². The first kappa shape index (κ1) is 19.9. The molecule has 28 heavy (non-hydrogen) atoms. The molecule has 3 N–H and O–H groups in total. The molecule has 0 saturated heterocycles. The third-order valence-corrected chi connectivity index (χ3v) is 5.38. The van der Waals surface area contributed by atoms with Crippen molar-refractivity contribution in [1.29, 1.82) is 0 Å². The summed E-state index contributed by atoms with van der Waals surface area (Å²) < 4.78 is 6.32. The summed E-state index contributed by atoms with van der Waals surface area (Å²) in [4.78, 5) is 27.2. The smallest absolute Gasteiger partial charge is 0.290 e. The summed E-state index contributed by atoms with van der Waals surface area (Å²) in [5, 5.41) is 7.52. The second-order valence-corrected chi connectivity index (χ2v) is 7.88. The molecule has 0 fully saturated rings. The highest BCUT2D eigenvalue weighted by atomic mass is 35.5. The number of amides is 1. The number of aryl methyl sites for hydroxylation is 1. The van der Waals surface area contributed by atoms with Gasteiger partial charge in [-0.25, -0.2) is 4.68 Å². The minimum Gasteiger partial charge on any atom is -0.495 e. The van der Waals surface area contributed by atoms with E-state index in [2.05, 4.69) is 10.4 Å². The number of methoxy groups -OCH3 is 1. The molecule has 0 radical (unpaired) electrons. The molecule has 2 heterocycles. The summed E-state index contributed by atoms with van der Waals surface area (Å²) in [7, 11) is 1.49. The lowest BCUT2D eigenvalue weighted by Gasteiger charge is -2.17. The maximum Gasteiger partial charge on any atom is 0.290 e. The Labute approximate surface area is 170 Å². The molecule has 3 rings (SSSR count). The van der Waals surface area contributed by atoms with E-state index in [-0.39, 0.29) is 5.69 Å². The molecule has 146 valence electrons. The molecule has 3 aromatic rings. The van der Waals surface area contributed by atoms with Crippen molar-refractivity contribution >= 4 is 40.2 Å². The normalized spacial score (nSPS) is 11.9. The van der Waals surface area contributed by atoms with E-state index in [1.165, 1.54) is 24.5 Å². The van der Waals surface area contributed by atoms with E-state index in [4.69, 9.17) is 22.1 Å². The van der Waals surface area contributed by atoms with Crippen molar-refractivity contribution in [3.63, 3.8) is 0 Å². The molecule has 1 amide bonds. The number of rotatable bonds is 5. The highest BCUT2D eigenvalue weighted by Gasteiger charge is 2.21. The van der Waals surface area contributed by atoms with Gasteiger partial charge in [0.05, 0.1) is 17.7 Å². The van der Waals surface area contributed by atoms with Crippen LogP contribution >= 0.6 is 22.9 Å². The predicted molar refractivity (Wildman–Crippen MR) is 112 cm³/mol. The van der Waals surface area contributed by atoms with Crippen molar-refractivity contribution in [2.24, 2.45) is 0 Å². The molecule has 1 atom stereocenters. The maximum absolute atomic E-state index is 12.8. The van der Waals surface area contributed by atoms with Crippen molar-refractivity contribution in [1.82, 2.24) is 9.78 Å². The van der Waals surface area contributed by atoms with Gasteiger partial charge in [-0.1, -0.05) is 11.6 Å². The lowest BCUT2D eigenvalue weighted by Crippen LogP contribution is -2.34. The van der Waals surface area contributed by atoms with Crippen molar-refractivity contribution in [3.05, 3.63) is 56.7 Å². The predicted octanol–water partition coefficient (Wildman–Crippen LogP) is 3.72. The van der Waals surface area contributed by atoms with Gasteiger partial charge in [0, 0.05) is 9.90 Å². The molecule has 7 nitrogen and oxygen atoms in total. The van der Waals surface area contributed by atoms with Crippen LogP contribution in [0.3, 0.4) is 0 Å². The Morgan fingerprint density at radius 2 is 2.07 bits per heavy atom. The molecule has 0 saturated carbocycles. The fraction of sp³-hybridized carbons (Fsp3) is 0.211. The fourth-order valence-corrected chi connectivity index (χ4v) is 3.61. The Balaban J connectivity index is 1.94. The number of thiophene rings is 1. The highest BCUT2D eigenvalue weighted by molar-refractivity contribution is 7.15. The summed E-state index contributed by atoms with van der Waals surface area (Å²) >= 11 is 7.53. The average molecular weight is 419 g/mol. The number of ether oxygens (including phenoxy) is 1. The number of benzene rings is 1. The minimum atomic E-state index is -0.903. The molecule has 0 bridgehead atoms. The van der Waals surface area contributed by atoms with Crippen LogP contribution in [-0.2, 0) is 4.79 Å². The number of nitrogens with zero attached hydrogens (tertiary/aromatic N) is 2. The van der Waals surface area contributed by atoms with Gasteiger partial charge in [-0.3, -0.25) is 9.59 Å². The first-order valence-electron chi connectivity index (χ1n) is 8.40. The number of carbonyl (C=O) groups excluding carboxylic acids is 1. The molecular formula is C19H19ClN4O3S. The van der Waals surface area contributed by atoms with Crippen LogP contribution in [0, 0.1) is 6.92 Å². The highest BCUT2D eigenvalue weighted by Crippen LogP contribution is 2.29. The van der Waals surface area contributed by atoms with Gasteiger partial charge in [0.2, 0.25) is 5.91 Å². The molecular weight excluding hydrogens is 400 g/mol. The van der Waals surface area contributed by atoms with Crippen LogP contribution < -0.4 is 21.3 Å². The molecule has 0 aliphatic rings. The minimum absolute atomic E-state index is 0.0241. The molecule has 0 spiro atoms. The van der Waals surface area contributed by atoms with Crippen molar-refractivity contribution in [2.75, 3.05) is 18.2 Å². The van der Waals surface area contributed by atoms with Crippen LogP contribution in [0.4, 0.5) is 11.4 Å². The standard InChI is InChI=1S/C19H19ClN4O3S/c1-10-4-7-17(28-10)15-9-13(21)19(26)24(23-15)11(2)18(25)22-14-8-12(20)5-6-16(14)27-3/h4-9,11H,21H2,1-3H3,(H,22,25). The number of carbonyl (C=O) groups is 1. The van der Waals surface area contributed by atoms with E-state index >= 15 is 0 Å². The Hall–Kier alpha value is -2.84. The summed E-state index contributed by atoms with van der Waals surface area (Å²) in [6.07, 6.45) is 0. The summed E-state index contributed by atoms with van der Waals surface area (Å²) in [6.45, 7) is 3.55. The van der Waals surface area contributed by atoms with Crippen LogP contribution in [0.25, 0.3) is 10.6 Å². The third kappa shape index (κ3) is 4.02. The molecule has 0 aliphatic heterocycles. The fourth-order valence-electron chi connectivity index (χ4n) is 2.61. The van der Waals surface area contributed by atoms with Gasteiger partial charge in [-0.15, -0.1) is 11.3 Å². The lowest BCUT2D eigenvalue weighted by atomic mass is 10.2.